The van der Waals surface area contributed by atoms with Crippen LogP contribution in [0.1, 0.15) is 0 Å². The van der Waals surface area contributed by atoms with Crippen LogP contribution in [-0.4, -0.2) is 72.6 Å². The molecule has 0 spiro atoms. The van der Waals surface area contributed by atoms with Crippen LogP contribution in [0.15, 0.2) is 15.9 Å². The van der Waals surface area contributed by atoms with Gasteiger partial charge in [-0.1, -0.05) is 0 Å². The number of hydrogen-bond donors (Lipinski definition) is 0. The van der Waals surface area contributed by atoms with E-state index in [0.717, 1.165) is 9.47 Å². The SMILES string of the molecule is Cn1c(=O)c2c(ncn2CC(=O)N2CC(CN3C(=O)COC3=O)C2)n(C)c1=O. The number of carbonyl (C=O) groups is 3. The van der Waals surface area contributed by atoms with Gasteiger partial charge in [-0.2, -0.15) is 0 Å². The predicted octanol–water partition coefficient (Wildman–Crippen LogP) is -2.13. The molecule has 2 aliphatic rings. The fourth-order valence-corrected chi connectivity index (χ4v) is 3.47. The van der Waals surface area contributed by atoms with Gasteiger partial charge in [0.1, 0.15) is 6.54 Å². The predicted molar refractivity (Wildman–Crippen MR) is 93.3 cm³/mol. The zero-order chi connectivity index (χ0) is 20.2. The Labute approximate surface area is 157 Å². The van der Waals surface area contributed by atoms with E-state index >= 15 is 0 Å². The molecule has 0 atom stereocenters. The lowest BCUT2D eigenvalue weighted by molar-refractivity contribution is -0.138. The van der Waals surface area contributed by atoms with E-state index in [2.05, 4.69) is 9.72 Å². The Morgan fingerprint density at radius 1 is 1.18 bits per heavy atom. The van der Waals surface area contributed by atoms with Crippen molar-refractivity contribution >= 4 is 29.1 Å². The third-order valence-electron chi connectivity index (χ3n) is 5.11. The zero-order valence-electron chi connectivity index (χ0n) is 15.3. The highest BCUT2D eigenvalue weighted by molar-refractivity contribution is 5.97. The molecule has 0 aromatic carbocycles. The van der Waals surface area contributed by atoms with Crippen molar-refractivity contribution in [2.24, 2.45) is 20.0 Å². The van der Waals surface area contributed by atoms with Crippen LogP contribution >= 0.6 is 0 Å². The normalized spacial score (nSPS) is 17.4. The fourth-order valence-electron chi connectivity index (χ4n) is 3.47. The first-order valence-corrected chi connectivity index (χ1v) is 8.63. The summed E-state index contributed by atoms with van der Waals surface area (Å²) in [5, 5.41) is 0. The molecule has 4 rings (SSSR count). The number of hydrogen-bond acceptors (Lipinski definition) is 7. The van der Waals surface area contributed by atoms with Gasteiger partial charge in [-0.3, -0.25) is 23.5 Å². The fraction of sp³-hybridized carbons (Fsp3) is 0.500. The summed E-state index contributed by atoms with van der Waals surface area (Å²) < 4.78 is 8.31. The van der Waals surface area contributed by atoms with Crippen molar-refractivity contribution < 1.29 is 19.1 Å². The summed E-state index contributed by atoms with van der Waals surface area (Å²) in [5.41, 5.74) is -0.612. The van der Waals surface area contributed by atoms with Crippen LogP contribution in [0, 0.1) is 5.92 Å². The lowest BCUT2D eigenvalue weighted by Gasteiger charge is -2.40. The van der Waals surface area contributed by atoms with Gasteiger partial charge in [-0.15, -0.1) is 0 Å². The first-order valence-electron chi connectivity index (χ1n) is 8.63. The maximum atomic E-state index is 12.5. The molecule has 0 unspecified atom stereocenters. The molecule has 2 fully saturated rings. The number of fused-ring (bicyclic) bond motifs is 1. The highest BCUT2D eigenvalue weighted by Gasteiger charge is 2.38. The smallest absolute Gasteiger partial charge is 0.417 e. The van der Waals surface area contributed by atoms with E-state index in [1.165, 1.54) is 29.6 Å². The maximum Gasteiger partial charge on any atom is 0.417 e. The van der Waals surface area contributed by atoms with Gasteiger partial charge >= 0.3 is 11.8 Å². The van der Waals surface area contributed by atoms with Crippen LogP contribution in [0.3, 0.4) is 0 Å². The molecule has 3 amide bonds. The molecular formula is C16H18N6O6. The van der Waals surface area contributed by atoms with E-state index in [4.69, 9.17) is 0 Å². The summed E-state index contributed by atoms with van der Waals surface area (Å²) in [6.07, 6.45) is 0.709. The minimum absolute atomic E-state index is 0.00762. The van der Waals surface area contributed by atoms with Gasteiger partial charge in [0, 0.05) is 39.6 Å². The summed E-state index contributed by atoms with van der Waals surface area (Å²) in [7, 11) is 2.88. The summed E-state index contributed by atoms with van der Waals surface area (Å²) in [5.74, 6) is -0.602. The molecule has 0 N–H and O–H groups in total. The molecule has 2 aliphatic heterocycles. The molecule has 12 heteroatoms. The van der Waals surface area contributed by atoms with Crippen LogP contribution in [0.2, 0.25) is 0 Å². The lowest BCUT2D eigenvalue weighted by atomic mass is 9.99. The number of amides is 3. The Morgan fingerprint density at radius 3 is 2.54 bits per heavy atom. The van der Waals surface area contributed by atoms with Gasteiger partial charge < -0.3 is 14.2 Å². The Balaban J connectivity index is 1.44. The second-order valence-corrected chi connectivity index (χ2v) is 6.97. The number of imide groups is 1. The van der Waals surface area contributed by atoms with Crippen molar-refractivity contribution in [2.75, 3.05) is 26.2 Å². The van der Waals surface area contributed by atoms with Crippen molar-refractivity contribution in [1.82, 2.24) is 28.5 Å². The lowest BCUT2D eigenvalue weighted by Crippen LogP contribution is -2.55. The number of carbonyl (C=O) groups excluding carboxylic acids is 3. The number of nitrogens with zero attached hydrogens (tertiary/aromatic N) is 6. The number of aryl methyl sites for hydroxylation is 1. The van der Waals surface area contributed by atoms with Crippen molar-refractivity contribution in [1.29, 1.82) is 0 Å². The average molecular weight is 390 g/mol. The molecule has 2 aromatic rings. The number of cyclic esters (lactones) is 1. The molecule has 0 aliphatic carbocycles. The Morgan fingerprint density at radius 2 is 1.89 bits per heavy atom. The number of aromatic nitrogens is 4. The van der Waals surface area contributed by atoms with Gasteiger partial charge in [0.05, 0.1) is 6.33 Å². The number of ether oxygens (including phenoxy) is 1. The van der Waals surface area contributed by atoms with Gasteiger partial charge in [0.25, 0.3) is 11.5 Å². The maximum absolute atomic E-state index is 12.5. The summed E-state index contributed by atoms with van der Waals surface area (Å²) in [6.45, 7) is 0.691. The van der Waals surface area contributed by atoms with Crippen LogP contribution in [0.5, 0.6) is 0 Å². The number of rotatable bonds is 4. The Bertz CT molecular complexity index is 1110. The van der Waals surface area contributed by atoms with Crippen molar-refractivity contribution in [3.63, 3.8) is 0 Å². The number of likely N-dealkylation sites (tertiary alicyclic amines) is 1. The van der Waals surface area contributed by atoms with Crippen molar-refractivity contribution in [3.8, 4) is 0 Å². The minimum Gasteiger partial charge on any atom is -0.439 e. The molecule has 0 saturated carbocycles. The first-order chi connectivity index (χ1) is 13.3. The third-order valence-corrected chi connectivity index (χ3v) is 5.11. The summed E-state index contributed by atoms with van der Waals surface area (Å²) in [4.78, 5) is 66.6. The van der Waals surface area contributed by atoms with Crippen LogP contribution in [-0.2, 0) is 35.0 Å². The molecule has 2 aromatic heterocycles. The monoisotopic (exact) mass is 390 g/mol. The molecule has 148 valence electrons. The van der Waals surface area contributed by atoms with E-state index < -0.39 is 17.3 Å². The van der Waals surface area contributed by atoms with Gasteiger partial charge in [-0.25, -0.2) is 19.5 Å². The van der Waals surface area contributed by atoms with E-state index in [1.807, 2.05) is 0 Å². The molecular weight excluding hydrogens is 372 g/mol. The summed E-state index contributed by atoms with van der Waals surface area (Å²) >= 11 is 0. The van der Waals surface area contributed by atoms with Crippen molar-refractivity contribution in [3.05, 3.63) is 27.2 Å². The Kier molecular flexibility index (Phi) is 4.05. The largest absolute Gasteiger partial charge is 0.439 e. The average Bonchev–Trinajstić information content (AvgIpc) is 3.18. The molecule has 2 saturated heterocycles. The summed E-state index contributed by atoms with van der Waals surface area (Å²) in [6, 6.07) is 0. The standard InChI is InChI=1S/C16H18N6O6/c1-18-13-12(14(25)19(2)15(18)26)21(8-17-13)6-10(23)20-3-9(4-20)5-22-11(24)7-28-16(22)27/h8-9H,3-7H2,1-2H3. The van der Waals surface area contributed by atoms with Crippen LogP contribution in [0.4, 0.5) is 4.79 Å². The first kappa shape index (κ1) is 17.9. The second-order valence-electron chi connectivity index (χ2n) is 6.97. The molecule has 28 heavy (non-hydrogen) atoms. The highest BCUT2D eigenvalue weighted by Crippen LogP contribution is 2.20. The van der Waals surface area contributed by atoms with Crippen LogP contribution < -0.4 is 11.2 Å². The molecule has 12 nitrogen and oxygen atoms in total. The van der Waals surface area contributed by atoms with E-state index in [0.29, 0.717) is 13.1 Å². The third kappa shape index (κ3) is 2.68. The van der Waals surface area contributed by atoms with Crippen LogP contribution in [0.25, 0.3) is 11.2 Å². The van der Waals surface area contributed by atoms with Gasteiger partial charge in [-0.05, 0) is 0 Å². The highest BCUT2D eigenvalue weighted by atomic mass is 16.6. The van der Waals surface area contributed by atoms with Gasteiger partial charge in [0.2, 0.25) is 5.91 Å². The number of imidazole rings is 1. The topological polar surface area (TPSA) is 129 Å². The zero-order valence-corrected chi connectivity index (χ0v) is 15.3. The van der Waals surface area contributed by atoms with Gasteiger partial charge in [0.15, 0.2) is 17.8 Å². The Hall–Kier alpha value is -3.44. The quantitative estimate of drug-likeness (QED) is 0.583. The van der Waals surface area contributed by atoms with E-state index in [-0.39, 0.29) is 48.6 Å². The minimum atomic E-state index is -0.652. The molecule has 0 bridgehead atoms. The van der Waals surface area contributed by atoms with E-state index in [9.17, 15) is 24.0 Å². The van der Waals surface area contributed by atoms with Crippen molar-refractivity contribution in [2.45, 2.75) is 6.54 Å². The molecule has 4 heterocycles. The van der Waals surface area contributed by atoms with E-state index in [1.54, 1.807) is 4.90 Å². The molecule has 0 radical (unpaired) electrons. The second kappa shape index (κ2) is 6.32.